The van der Waals surface area contributed by atoms with Gasteiger partial charge in [0.05, 0.1) is 4.47 Å². The number of phenols is 1. The number of carbonyl (C=O) groups excluding carboxylic acids is 1. The molecular weight excluding hydrogens is 360 g/mol. The summed E-state index contributed by atoms with van der Waals surface area (Å²) in [6.07, 6.45) is 1.88. The van der Waals surface area contributed by atoms with E-state index < -0.39 is 5.60 Å². The highest BCUT2D eigenvalue weighted by molar-refractivity contribution is 9.10. The van der Waals surface area contributed by atoms with Gasteiger partial charge in [-0.25, -0.2) is 4.79 Å². The number of carbonyl (C=O) groups is 1. The monoisotopic (exact) mass is 384 g/mol. The third kappa shape index (κ3) is 6.03. The molecule has 23 heavy (non-hydrogen) atoms. The summed E-state index contributed by atoms with van der Waals surface area (Å²) in [7, 11) is 0. The molecule has 1 aromatic carbocycles. The van der Waals surface area contributed by atoms with E-state index in [9.17, 15) is 9.90 Å². The molecule has 1 saturated carbocycles. The molecule has 2 rings (SSSR count). The molecule has 0 spiro atoms. The van der Waals surface area contributed by atoms with Crippen LogP contribution >= 0.6 is 15.9 Å². The molecule has 6 heteroatoms. The molecular formula is C17H25BrN2O3. The third-order valence-corrected chi connectivity index (χ3v) is 4.28. The summed E-state index contributed by atoms with van der Waals surface area (Å²) >= 11 is 3.31. The molecule has 0 radical (unpaired) electrons. The standard InChI is InChI=1S/C17H25BrN2O3/c1-17(2,3)23-16(22)20-14(11-7-8-11)10-19-9-12-5-4-6-13(18)15(12)21/h4-6,11,14,19,21H,7-10H2,1-3H3,(H,20,22). The lowest BCUT2D eigenvalue weighted by atomic mass is 10.1. The zero-order valence-electron chi connectivity index (χ0n) is 13.9. The zero-order valence-corrected chi connectivity index (χ0v) is 15.4. The van der Waals surface area contributed by atoms with E-state index in [-0.39, 0.29) is 17.9 Å². The Hall–Kier alpha value is -1.27. The van der Waals surface area contributed by atoms with Gasteiger partial charge < -0.3 is 20.5 Å². The molecule has 0 saturated heterocycles. The number of aromatic hydroxyl groups is 1. The number of amides is 1. The Bertz CT molecular complexity index is 553. The number of alkyl carbamates (subject to hydrolysis) is 1. The van der Waals surface area contributed by atoms with Gasteiger partial charge in [0.1, 0.15) is 11.4 Å². The number of rotatable bonds is 6. The van der Waals surface area contributed by atoms with Crippen LogP contribution in [0.2, 0.25) is 0 Å². The second-order valence-electron chi connectivity index (χ2n) is 6.97. The van der Waals surface area contributed by atoms with Crippen LogP contribution in [0, 0.1) is 5.92 Å². The normalized spacial score (nSPS) is 16.0. The molecule has 1 unspecified atom stereocenters. The van der Waals surface area contributed by atoms with Crippen LogP contribution in [-0.4, -0.2) is 29.4 Å². The highest BCUT2D eigenvalue weighted by atomic mass is 79.9. The minimum atomic E-state index is -0.492. The van der Waals surface area contributed by atoms with E-state index in [4.69, 9.17) is 4.74 Å². The molecule has 0 heterocycles. The zero-order chi connectivity index (χ0) is 17.0. The average Bonchev–Trinajstić information content (AvgIpc) is 3.24. The van der Waals surface area contributed by atoms with Crippen LogP contribution in [0.3, 0.4) is 0 Å². The number of phenolic OH excluding ortho intramolecular Hbond substituents is 1. The van der Waals surface area contributed by atoms with Crippen LogP contribution in [0.1, 0.15) is 39.2 Å². The van der Waals surface area contributed by atoms with Crippen molar-refractivity contribution in [2.45, 2.75) is 51.8 Å². The van der Waals surface area contributed by atoms with Gasteiger partial charge in [0.25, 0.3) is 0 Å². The van der Waals surface area contributed by atoms with Crippen molar-refractivity contribution in [2.75, 3.05) is 6.54 Å². The molecule has 1 aliphatic carbocycles. The summed E-state index contributed by atoms with van der Waals surface area (Å²) in [4.78, 5) is 11.9. The summed E-state index contributed by atoms with van der Waals surface area (Å²) in [6, 6.07) is 5.62. The van der Waals surface area contributed by atoms with Crippen LogP contribution in [-0.2, 0) is 11.3 Å². The summed E-state index contributed by atoms with van der Waals surface area (Å²) in [6.45, 7) is 6.76. The van der Waals surface area contributed by atoms with Crippen molar-refractivity contribution in [3.05, 3.63) is 28.2 Å². The smallest absolute Gasteiger partial charge is 0.407 e. The molecule has 3 N–H and O–H groups in total. The van der Waals surface area contributed by atoms with Crippen LogP contribution in [0.4, 0.5) is 4.79 Å². The number of para-hydroxylation sites is 1. The lowest BCUT2D eigenvalue weighted by Gasteiger charge is -2.24. The maximum atomic E-state index is 11.9. The van der Waals surface area contributed by atoms with Gasteiger partial charge in [-0.2, -0.15) is 0 Å². The number of nitrogens with one attached hydrogen (secondary N) is 2. The van der Waals surface area contributed by atoms with Crippen LogP contribution in [0.5, 0.6) is 5.75 Å². The SMILES string of the molecule is CC(C)(C)OC(=O)NC(CNCc1cccc(Br)c1O)C1CC1. The second kappa shape index (κ2) is 7.53. The second-order valence-corrected chi connectivity index (χ2v) is 7.82. The van der Waals surface area contributed by atoms with Gasteiger partial charge in [-0.15, -0.1) is 0 Å². The van der Waals surface area contributed by atoms with E-state index in [0.717, 1.165) is 18.4 Å². The summed E-state index contributed by atoms with van der Waals surface area (Å²) in [5, 5.41) is 16.2. The van der Waals surface area contributed by atoms with Crippen molar-refractivity contribution in [3.63, 3.8) is 0 Å². The predicted octanol–water partition coefficient (Wildman–Crippen LogP) is 3.55. The van der Waals surface area contributed by atoms with Gasteiger partial charge in [0.2, 0.25) is 0 Å². The Morgan fingerprint density at radius 3 is 2.74 bits per heavy atom. The van der Waals surface area contributed by atoms with E-state index in [1.807, 2.05) is 32.9 Å². The Labute approximate surface area is 145 Å². The van der Waals surface area contributed by atoms with Gasteiger partial charge in [-0.3, -0.25) is 0 Å². The fourth-order valence-electron chi connectivity index (χ4n) is 2.36. The van der Waals surface area contributed by atoms with Crippen LogP contribution in [0.25, 0.3) is 0 Å². The number of halogens is 1. The largest absolute Gasteiger partial charge is 0.506 e. The van der Waals surface area contributed by atoms with Gasteiger partial charge in [-0.1, -0.05) is 12.1 Å². The number of hydrogen-bond donors (Lipinski definition) is 3. The fourth-order valence-corrected chi connectivity index (χ4v) is 2.77. The topological polar surface area (TPSA) is 70.6 Å². The lowest BCUT2D eigenvalue weighted by molar-refractivity contribution is 0.0497. The van der Waals surface area contributed by atoms with E-state index in [2.05, 4.69) is 26.6 Å². The van der Waals surface area contributed by atoms with Crippen molar-refractivity contribution in [1.29, 1.82) is 0 Å². The first-order valence-electron chi connectivity index (χ1n) is 7.93. The maximum Gasteiger partial charge on any atom is 0.407 e. The first-order valence-corrected chi connectivity index (χ1v) is 8.72. The van der Waals surface area contributed by atoms with Crippen molar-refractivity contribution in [3.8, 4) is 5.75 Å². The minimum absolute atomic E-state index is 0.0548. The van der Waals surface area contributed by atoms with E-state index >= 15 is 0 Å². The molecule has 1 aliphatic rings. The number of ether oxygens (including phenoxy) is 1. The van der Waals surface area contributed by atoms with Crippen LogP contribution < -0.4 is 10.6 Å². The maximum absolute atomic E-state index is 11.9. The Morgan fingerprint density at radius 2 is 2.13 bits per heavy atom. The lowest BCUT2D eigenvalue weighted by Crippen LogP contribution is -2.45. The highest BCUT2D eigenvalue weighted by Crippen LogP contribution is 2.33. The average molecular weight is 385 g/mol. The summed E-state index contributed by atoms with van der Waals surface area (Å²) < 4.78 is 6.00. The minimum Gasteiger partial charge on any atom is -0.506 e. The van der Waals surface area contributed by atoms with E-state index in [1.54, 1.807) is 6.07 Å². The highest BCUT2D eigenvalue weighted by Gasteiger charge is 2.33. The first-order chi connectivity index (χ1) is 10.8. The van der Waals surface area contributed by atoms with Gasteiger partial charge in [0, 0.05) is 24.7 Å². The van der Waals surface area contributed by atoms with Gasteiger partial charge in [0.15, 0.2) is 0 Å². The molecule has 1 amide bonds. The molecule has 0 aliphatic heterocycles. The first kappa shape index (κ1) is 18.1. The molecule has 0 bridgehead atoms. The van der Waals surface area contributed by atoms with Crippen molar-refractivity contribution >= 4 is 22.0 Å². The molecule has 128 valence electrons. The van der Waals surface area contributed by atoms with Gasteiger partial charge in [-0.05, 0) is 61.5 Å². The van der Waals surface area contributed by atoms with E-state index in [1.165, 1.54) is 0 Å². The molecule has 1 fully saturated rings. The quantitative estimate of drug-likeness (QED) is 0.701. The molecule has 1 aromatic rings. The summed E-state index contributed by atoms with van der Waals surface area (Å²) in [5.74, 6) is 0.759. The molecule has 1 atom stereocenters. The number of benzene rings is 1. The van der Waals surface area contributed by atoms with Crippen molar-refractivity contribution in [2.24, 2.45) is 5.92 Å². The van der Waals surface area contributed by atoms with Crippen LogP contribution in [0.15, 0.2) is 22.7 Å². The third-order valence-electron chi connectivity index (χ3n) is 3.64. The number of hydrogen-bond acceptors (Lipinski definition) is 4. The molecule has 5 nitrogen and oxygen atoms in total. The summed E-state index contributed by atoms with van der Waals surface area (Å²) in [5.41, 5.74) is 0.333. The molecule has 0 aromatic heterocycles. The Morgan fingerprint density at radius 1 is 1.43 bits per heavy atom. The predicted molar refractivity (Wildman–Crippen MR) is 93.4 cm³/mol. The van der Waals surface area contributed by atoms with E-state index in [0.29, 0.717) is 23.5 Å². The fraction of sp³-hybridized carbons (Fsp3) is 0.588. The van der Waals surface area contributed by atoms with Crippen molar-refractivity contribution in [1.82, 2.24) is 10.6 Å². The van der Waals surface area contributed by atoms with Gasteiger partial charge >= 0.3 is 6.09 Å². The Kier molecular flexibility index (Phi) is 5.92. The van der Waals surface area contributed by atoms with Crippen molar-refractivity contribution < 1.29 is 14.6 Å². The Balaban J connectivity index is 1.83.